The number of halogens is 1. The molecule has 0 saturated carbocycles. The molecule has 2 heterocycles. The Balaban J connectivity index is 1.40. The van der Waals surface area contributed by atoms with Gasteiger partial charge in [-0.3, -0.25) is 4.99 Å². The van der Waals surface area contributed by atoms with Crippen molar-refractivity contribution in [3.63, 3.8) is 0 Å². The highest BCUT2D eigenvalue weighted by molar-refractivity contribution is 9.10. The molecule has 4 rings (SSSR count). The van der Waals surface area contributed by atoms with Gasteiger partial charge < -0.3 is 9.80 Å². The number of piperazine rings is 1. The number of rotatable bonds is 3. The maximum Gasteiger partial charge on any atom is 0.0666 e. The lowest BCUT2D eigenvalue weighted by atomic mass is 9.88. The normalized spacial score (nSPS) is 17.1. The Bertz CT molecular complexity index is 841. The first kappa shape index (κ1) is 18.5. The molecule has 1 saturated heterocycles. The molecule has 2 aliphatic rings. The second kappa shape index (κ2) is 7.31. The summed E-state index contributed by atoms with van der Waals surface area (Å²) in [6.07, 6.45) is 2.09. The molecular weight excluding hydrogens is 398 g/mol. The molecule has 0 unspecified atom stereocenters. The third-order valence-corrected chi connectivity index (χ3v) is 5.84. The highest BCUT2D eigenvalue weighted by atomic mass is 79.9. The first-order chi connectivity index (χ1) is 12.9. The maximum atomic E-state index is 4.87. The van der Waals surface area contributed by atoms with E-state index in [9.17, 15) is 0 Å². The molecule has 4 heteroatoms. The van der Waals surface area contributed by atoms with Crippen LogP contribution in [0.2, 0.25) is 0 Å². The minimum Gasteiger partial charge on any atom is -0.368 e. The minimum atomic E-state index is 0.299. The Morgan fingerprint density at radius 1 is 0.889 bits per heavy atom. The average Bonchev–Trinajstić information content (AvgIpc) is 3.02. The van der Waals surface area contributed by atoms with Crippen LogP contribution in [0.15, 0.2) is 51.9 Å². The predicted molar refractivity (Wildman–Crippen MR) is 120 cm³/mol. The van der Waals surface area contributed by atoms with E-state index in [2.05, 4.69) is 89.0 Å². The van der Waals surface area contributed by atoms with E-state index in [-0.39, 0.29) is 0 Å². The summed E-state index contributed by atoms with van der Waals surface area (Å²) in [5, 5.41) is 0. The SMILES string of the molecule is CC(C)(C)CC1=Nc2ccc(N3CCN(c4ccc(Br)cc4)CC3)cc2C1. The molecule has 0 aromatic heterocycles. The lowest BCUT2D eigenvalue weighted by Gasteiger charge is -2.37. The molecule has 27 heavy (non-hydrogen) atoms. The summed E-state index contributed by atoms with van der Waals surface area (Å²) in [6.45, 7) is 11.1. The van der Waals surface area contributed by atoms with Crippen LogP contribution in [-0.4, -0.2) is 31.9 Å². The zero-order valence-corrected chi connectivity index (χ0v) is 18.1. The molecule has 0 bridgehead atoms. The Kier molecular flexibility index (Phi) is 5.02. The van der Waals surface area contributed by atoms with Crippen molar-refractivity contribution >= 4 is 38.7 Å². The van der Waals surface area contributed by atoms with Gasteiger partial charge in [0.25, 0.3) is 0 Å². The summed E-state index contributed by atoms with van der Waals surface area (Å²) in [7, 11) is 0. The molecule has 3 nitrogen and oxygen atoms in total. The number of anilines is 2. The molecule has 2 aromatic rings. The Morgan fingerprint density at radius 3 is 2.11 bits per heavy atom. The first-order valence-electron chi connectivity index (χ1n) is 9.82. The van der Waals surface area contributed by atoms with Crippen LogP contribution in [0.4, 0.5) is 17.1 Å². The fraction of sp³-hybridized carbons (Fsp3) is 0.435. The van der Waals surface area contributed by atoms with Crippen molar-refractivity contribution in [1.82, 2.24) is 0 Å². The Morgan fingerprint density at radius 2 is 1.48 bits per heavy atom. The second-order valence-electron chi connectivity index (χ2n) is 8.86. The van der Waals surface area contributed by atoms with Crippen LogP contribution in [0, 0.1) is 5.41 Å². The molecule has 0 atom stereocenters. The summed E-state index contributed by atoms with van der Waals surface area (Å²) in [5.41, 5.74) is 6.85. The number of aliphatic imine (C=N–C) groups is 1. The van der Waals surface area contributed by atoms with E-state index in [4.69, 9.17) is 4.99 Å². The zero-order chi connectivity index (χ0) is 19.0. The lowest BCUT2D eigenvalue weighted by molar-refractivity contribution is 0.432. The maximum absolute atomic E-state index is 4.87. The van der Waals surface area contributed by atoms with Crippen LogP contribution in [0.25, 0.3) is 0 Å². The molecule has 0 spiro atoms. The van der Waals surface area contributed by atoms with Crippen LogP contribution in [0.5, 0.6) is 0 Å². The molecule has 2 aromatic carbocycles. The Hall–Kier alpha value is -1.81. The third-order valence-electron chi connectivity index (χ3n) is 5.31. The zero-order valence-electron chi connectivity index (χ0n) is 16.5. The van der Waals surface area contributed by atoms with E-state index >= 15 is 0 Å². The molecule has 0 aliphatic carbocycles. The summed E-state index contributed by atoms with van der Waals surface area (Å²) >= 11 is 3.52. The van der Waals surface area contributed by atoms with Gasteiger partial charge >= 0.3 is 0 Å². The van der Waals surface area contributed by atoms with Crippen molar-refractivity contribution in [1.29, 1.82) is 0 Å². The van der Waals surface area contributed by atoms with Gasteiger partial charge in [-0.25, -0.2) is 0 Å². The highest BCUT2D eigenvalue weighted by Gasteiger charge is 2.22. The van der Waals surface area contributed by atoms with Gasteiger partial charge in [-0.1, -0.05) is 36.7 Å². The topological polar surface area (TPSA) is 18.8 Å². The quantitative estimate of drug-likeness (QED) is 0.614. The van der Waals surface area contributed by atoms with Crippen molar-refractivity contribution < 1.29 is 0 Å². The van der Waals surface area contributed by atoms with Crippen molar-refractivity contribution in [2.75, 3.05) is 36.0 Å². The second-order valence-corrected chi connectivity index (χ2v) is 9.77. The predicted octanol–water partition coefficient (Wildman–Crippen LogP) is 5.84. The van der Waals surface area contributed by atoms with Crippen LogP contribution >= 0.6 is 15.9 Å². The standard InChI is InChI=1S/C23H28BrN3/c1-23(2,3)16-19-14-17-15-21(8-9-22(17)25-19)27-12-10-26(11-13-27)20-6-4-18(24)5-7-20/h4-9,15H,10-14,16H2,1-3H3. The van der Waals surface area contributed by atoms with Crippen molar-refractivity contribution in [2.45, 2.75) is 33.6 Å². The van der Waals surface area contributed by atoms with Crippen LogP contribution in [-0.2, 0) is 6.42 Å². The number of nitrogens with zero attached hydrogens (tertiary/aromatic N) is 3. The van der Waals surface area contributed by atoms with Gasteiger partial charge in [0.15, 0.2) is 0 Å². The molecule has 142 valence electrons. The lowest BCUT2D eigenvalue weighted by Crippen LogP contribution is -2.46. The summed E-state index contributed by atoms with van der Waals surface area (Å²) < 4.78 is 1.14. The fourth-order valence-corrected chi connectivity index (χ4v) is 4.30. The van der Waals surface area contributed by atoms with Crippen LogP contribution in [0.1, 0.15) is 32.8 Å². The van der Waals surface area contributed by atoms with E-state index in [0.717, 1.165) is 43.5 Å². The number of hydrogen-bond donors (Lipinski definition) is 0. The fourth-order valence-electron chi connectivity index (χ4n) is 4.04. The summed E-state index contributed by atoms with van der Waals surface area (Å²) in [4.78, 5) is 9.85. The van der Waals surface area contributed by atoms with Gasteiger partial charge in [-0.05, 0) is 59.9 Å². The number of benzene rings is 2. The summed E-state index contributed by atoms with van der Waals surface area (Å²) in [6, 6.07) is 15.5. The molecule has 0 radical (unpaired) electrons. The smallest absolute Gasteiger partial charge is 0.0666 e. The third kappa shape index (κ3) is 4.37. The molecule has 0 N–H and O–H groups in total. The molecule has 1 fully saturated rings. The monoisotopic (exact) mass is 425 g/mol. The van der Waals surface area contributed by atoms with Gasteiger partial charge in [0, 0.05) is 54.2 Å². The first-order valence-corrected chi connectivity index (χ1v) is 10.6. The van der Waals surface area contributed by atoms with Crippen molar-refractivity contribution in [3.8, 4) is 0 Å². The van der Waals surface area contributed by atoms with Crippen molar-refractivity contribution in [2.24, 2.45) is 10.4 Å². The van der Waals surface area contributed by atoms with E-state index < -0.39 is 0 Å². The van der Waals surface area contributed by atoms with Gasteiger partial charge in [-0.2, -0.15) is 0 Å². The molecule has 0 amide bonds. The van der Waals surface area contributed by atoms with Gasteiger partial charge in [0.05, 0.1) is 5.69 Å². The van der Waals surface area contributed by atoms with Gasteiger partial charge in [0.2, 0.25) is 0 Å². The average molecular weight is 426 g/mol. The van der Waals surface area contributed by atoms with Crippen LogP contribution in [0.3, 0.4) is 0 Å². The minimum absolute atomic E-state index is 0.299. The Labute approximate surface area is 171 Å². The largest absolute Gasteiger partial charge is 0.368 e. The van der Waals surface area contributed by atoms with Gasteiger partial charge in [-0.15, -0.1) is 0 Å². The van der Waals surface area contributed by atoms with E-state index in [1.54, 1.807) is 0 Å². The van der Waals surface area contributed by atoms with Gasteiger partial charge in [0.1, 0.15) is 0 Å². The van der Waals surface area contributed by atoms with Crippen LogP contribution < -0.4 is 9.80 Å². The number of hydrogen-bond acceptors (Lipinski definition) is 3. The van der Waals surface area contributed by atoms with E-state index in [1.807, 2.05) is 0 Å². The van der Waals surface area contributed by atoms with E-state index in [0.29, 0.717) is 5.41 Å². The highest BCUT2D eigenvalue weighted by Crippen LogP contribution is 2.34. The van der Waals surface area contributed by atoms with E-state index in [1.165, 1.54) is 28.3 Å². The molecule has 2 aliphatic heterocycles. The summed E-state index contributed by atoms with van der Waals surface area (Å²) in [5.74, 6) is 0. The number of fused-ring (bicyclic) bond motifs is 1. The molecular formula is C23H28BrN3. The van der Waals surface area contributed by atoms with Crippen molar-refractivity contribution in [3.05, 3.63) is 52.5 Å².